The van der Waals surface area contributed by atoms with E-state index in [1.54, 1.807) is 0 Å². The van der Waals surface area contributed by atoms with Crippen molar-refractivity contribution in [1.29, 1.82) is 0 Å². The van der Waals surface area contributed by atoms with E-state index in [0.717, 1.165) is 17.1 Å². The van der Waals surface area contributed by atoms with Crippen LogP contribution in [0, 0.1) is 0 Å². The van der Waals surface area contributed by atoms with Gasteiger partial charge in [-0.1, -0.05) is 133 Å². The van der Waals surface area contributed by atoms with Gasteiger partial charge in [0.1, 0.15) is 0 Å². The van der Waals surface area contributed by atoms with Gasteiger partial charge in [-0.2, -0.15) is 0 Å². The standard InChI is InChI=1S/C52H33NS2/c1-2-16-43-35(10-1)11-9-19-44(43)39-13-8-15-42(31-39)53(40-26-22-34(23-27-40)37-25-29-51-48(32-37)46-18-4-6-21-50(46)54-51)41-14-7-12-36(30-41)38-24-28-47-45-17-3-5-20-49(45)55-52(47)33-38/h1-33H. The van der Waals surface area contributed by atoms with Crippen molar-refractivity contribution in [3.63, 3.8) is 0 Å². The Morgan fingerprint density at radius 1 is 0.273 bits per heavy atom. The number of anilines is 3. The highest BCUT2D eigenvalue weighted by Gasteiger charge is 2.17. The van der Waals surface area contributed by atoms with Crippen molar-refractivity contribution in [2.75, 3.05) is 4.90 Å². The lowest BCUT2D eigenvalue weighted by atomic mass is 9.97. The molecule has 2 heterocycles. The second kappa shape index (κ2) is 13.1. The lowest BCUT2D eigenvalue weighted by Crippen LogP contribution is -2.10. The fourth-order valence-electron chi connectivity index (χ4n) is 8.18. The molecule has 0 spiro atoms. The van der Waals surface area contributed by atoms with Crippen molar-refractivity contribution >= 4 is 90.9 Å². The van der Waals surface area contributed by atoms with E-state index >= 15 is 0 Å². The normalized spacial score (nSPS) is 11.6. The Bertz CT molecular complexity index is 3220. The number of fused-ring (bicyclic) bond motifs is 7. The number of hydrogen-bond donors (Lipinski definition) is 0. The molecule has 0 fully saturated rings. The minimum absolute atomic E-state index is 1.11. The first kappa shape index (κ1) is 32.0. The van der Waals surface area contributed by atoms with Gasteiger partial charge in [0.2, 0.25) is 0 Å². The van der Waals surface area contributed by atoms with E-state index in [-0.39, 0.29) is 0 Å². The van der Waals surface area contributed by atoms with Crippen molar-refractivity contribution in [3.05, 3.63) is 200 Å². The van der Waals surface area contributed by atoms with Crippen LogP contribution in [0.3, 0.4) is 0 Å². The van der Waals surface area contributed by atoms with Gasteiger partial charge in [0.15, 0.2) is 0 Å². The van der Waals surface area contributed by atoms with Gasteiger partial charge in [-0.25, -0.2) is 0 Å². The fraction of sp³-hybridized carbons (Fsp3) is 0. The van der Waals surface area contributed by atoms with Crippen LogP contribution in [0.15, 0.2) is 200 Å². The second-order valence-corrected chi connectivity index (χ2v) is 16.3. The molecule has 0 bridgehead atoms. The van der Waals surface area contributed by atoms with Crippen LogP contribution in [0.4, 0.5) is 17.1 Å². The van der Waals surface area contributed by atoms with Gasteiger partial charge in [-0.15, -0.1) is 22.7 Å². The molecular weight excluding hydrogens is 703 g/mol. The van der Waals surface area contributed by atoms with Crippen LogP contribution in [0.25, 0.3) is 84.5 Å². The van der Waals surface area contributed by atoms with Gasteiger partial charge in [0.05, 0.1) is 0 Å². The van der Waals surface area contributed by atoms with Crippen LogP contribution < -0.4 is 4.90 Å². The molecule has 1 nitrogen and oxygen atoms in total. The molecule has 0 amide bonds. The van der Waals surface area contributed by atoms with Crippen LogP contribution in [0.2, 0.25) is 0 Å². The molecule has 9 aromatic carbocycles. The topological polar surface area (TPSA) is 3.24 Å². The molecule has 3 heteroatoms. The van der Waals surface area contributed by atoms with Crippen LogP contribution in [0.5, 0.6) is 0 Å². The first-order valence-electron chi connectivity index (χ1n) is 18.7. The summed E-state index contributed by atoms with van der Waals surface area (Å²) in [5.41, 5.74) is 10.6. The zero-order chi connectivity index (χ0) is 36.3. The van der Waals surface area contributed by atoms with E-state index in [1.165, 1.54) is 84.5 Å². The van der Waals surface area contributed by atoms with Crippen LogP contribution in [-0.2, 0) is 0 Å². The smallest absolute Gasteiger partial charge is 0.0467 e. The number of thiophene rings is 2. The summed E-state index contributed by atoms with van der Waals surface area (Å²) in [6.07, 6.45) is 0. The Balaban J connectivity index is 1.03. The van der Waals surface area contributed by atoms with Crippen molar-refractivity contribution in [1.82, 2.24) is 0 Å². The SMILES string of the molecule is c1cc(-c2ccc3c(c2)sc2ccccc23)cc(N(c2ccc(-c3ccc4sc5ccccc5c4c3)cc2)c2cccc(-c3cccc4ccccc34)c2)c1. The minimum Gasteiger partial charge on any atom is -0.310 e. The molecule has 0 N–H and O–H groups in total. The van der Waals surface area contributed by atoms with Crippen LogP contribution in [0.1, 0.15) is 0 Å². The summed E-state index contributed by atoms with van der Waals surface area (Å²) in [5.74, 6) is 0. The van der Waals surface area contributed by atoms with Crippen molar-refractivity contribution < 1.29 is 0 Å². The van der Waals surface area contributed by atoms with Crippen LogP contribution >= 0.6 is 22.7 Å². The molecule has 0 atom stereocenters. The second-order valence-electron chi connectivity index (χ2n) is 14.1. The third-order valence-corrected chi connectivity index (χ3v) is 13.1. The molecule has 55 heavy (non-hydrogen) atoms. The van der Waals surface area contributed by atoms with Crippen molar-refractivity contribution in [2.24, 2.45) is 0 Å². The Hall–Kier alpha value is -6.52. The predicted octanol–water partition coefficient (Wildman–Crippen LogP) is 16.0. The Labute approximate surface area is 327 Å². The van der Waals surface area contributed by atoms with Crippen LogP contribution in [-0.4, -0.2) is 0 Å². The zero-order valence-corrected chi connectivity index (χ0v) is 31.4. The van der Waals surface area contributed by atoms with E-state index in [9.17, 15) is 0 Å². The Kier molecular flexibility index (Phi) is 7.61. The third-order valence-electron chi connectivity index (χ3n) is 10.9. The fourth-order valence-corrected chi connectivity index (χ4v) is 10.4. The largest absolute Gasteiger partial charge is 0.310 e. The molecule has 11 rings (SSSR count). The highest BCUT2D eigenvalue weighted by Crippen LogP contribution is 2.42. The summed E-state index contributed by atoms with van der Waals surface area (Å²) >= 11 is 3.73. The van der Waals surface area contributed by atoms with E-state index < -0.39 is 0 Å². The number of rotatable bonds is 6. The maximum atomic E-state index is 2.40. The summed E-state index contributed by atoms with van der Waals surface area (Å²) in [5, 5.41) is 7.79. The van der Waals surface area contributed by atoms with Gasteiger partial charge in [-0.3, -0.25) is 0 Å². The molecule has 0 saturated carbocycles. The summed E-state index contributed by atoms with van der Waals surface area (Å²) in [6, 6.07) is 73.5. The summed E-state index contributed by atoms with van der Waals surface area (Å²) < 4.78 is 5.29. The minimum atomic E-state index is 1.11. The molecular formula is C52H33NS2. The summed E-state index contributed by atoms with van der Waals surface area (Å²) in [6.45, 7) is 0. The first-order valence-corrected chi connectivity index (χ1v) is 20.3. The van der Waals surface area contributed by atoms with E-state index in [4.69, 9.17) is 0 Å². The average Bonchev–Trinajstić information content (AvgIpc) is 3.82. The van der Waals surface area contributed by atoms with Gasteiger partial charge in [0.25, 0.3) is 0 Å². The molecule has 0 aliphatic carbocycles. The Morgan fingerprint density at radius 2 is 0.800 bits per heavy atom. The molecule has 11 aromatic rings. The summed E-state index contributed by atoms with van der Waals surface area (Å²) in [7, 11) is 0. The molecule has 0 unspecified atom stereocenters. The lowest BCUT2D eigenvalue weighted by Gasteiger charge is -2.27. The van der Waals surface area contributed by atoms with Gasteiger partial charge in [-0.05, 0) is 111 Å². The molecule has 0 aliphatic heterocycles. The lowest BCUT2D eigenvalue weighted by molar-refractivity contribution is 1.28. The van der Waals surface area contributed by atoms with Gasteiger partial charge >= 0.3 is 0 Å². The van der Waals surface area contributed by atoms with E-state index in [1.807, 2.05) is 22.7 Å². The molecule has 0 radical (unpaired) electrons. The summed E-state index contributed by atoms with van der Waals surface area (Å²) in [4.78, 5) is 2.40. The maximum Gasteiger partial charge on any atom is 0.0467 e. The van der Waals surface area contributed by atoms with Crippen molar-refractivity contribution in [3.8, 4) is 33.4 Å². The Morgan fingerprint density at radius 3 is 1.60 bits per heavy atom. The molecule has 258 valence electrons. The van der Waals surface area contributed by atoms with E-state index in [2.05, 4.69) is 205 Å². The third kappa shape index (κ3) is 5.60. The first-order chi connectivity index (χ1) is 27.2. The zero-order valence-electron chi connectivity index (χ0n) is 29.8. The van der Waals surface area contributed by atoms with E-state index in [0.29, 0.717) is 0 Å². The quantitative estimate of drug-likeness (QED) is 0.164. The highest BCUT2D eigenvalue weighted by atomic mass is 32.1. The number of benzene rings is 9. The van der Waals surface area contributed by atoms with Crippen molar-refractivity contribution in [2.45, 2.75) is 0 Å². The predicted molar refractivity (Wildman–Crippen MR) is 241 cm³/mol. The molecule has 0 saturated heterocycles. The monoisotopic (exact) mass is 735 g/mol. The molecule has 0 aliphatic rings. The maximum absolute atomic E-state index is 2.40. The molecule has 2 aromatic heterocycles. The number of hydrogen-bond acceptors (Lipinski definition) is 3. The van der Waals surface area contributed by atoms with Gasteiger partial charge < -0.3 is 4.90 Å². The number of nitrogens with zero attached hydrogens (tertiary/aromatic N) is 1. The van der Waals surface area contributed by atoms with Gasteiger partial charge in [0, 0.05) is 57.4 Å². The highest BCUT2D eigenvalue weighted by molar-refractivity contribution is 7.26. The average molecular weight is 736 g/mol.